The highest BCUT2D eigenvalue weighted by atomic mass is 16.2. The predicted octanol–water partition coefficient (Wildman–Crippen LogP) is 4.54. The number of imidazole rings is 1. The highest BCUT2D eigenvalue weighted by Gasteiger charge is 2.57. The molecule has 2 aromatic heterocycles. The van der Waals surface area contributed by atoms with Crippen LogP contribution in [0.25, 0.3) is 22.6 Å². The first kappa shape index (κ1) is 20.6. The van der Waals surface area contributed by atoms with Crippen LogP contribution in [0, 0.1) is 5.41 Å². The van der Waals surface area contributed by atoms with Crippen LogP contribution in [-0.2, 0) is 11.8 Å². The van der Waals surface area contributed by atoms with E-state index < -0.39 is 0 Å². The molecule has 7 nitrogen and oxygen atoms in total. The number of H-pyrrole nitrogens is 1. The van der Waals surface area contributed by atoms with Crippen molar-refractivity contribution in [3.8, 4) is 11.5 Å². The number of carbonyl (C=O) groups is 1. The van der Waals surface area contributed by atoms with Crippen LogP contribution in [0.3, 0.4) is 0 Å². The molecule has 3 aromatic rings. The molecule has 0 radical (unpaired) electrons. The summed E-state index contributed by atoms with van der Waals surface area (Å²) >= 11 is 0. The molecule has 172 valence electrons. The first-order chi connectivity index (χ1) is 15.9. The molecule has 2 atom stereocenters. The zero-order valence-electron chi connectivity index (χ0n) is 19.8. The fourth-order valence-electron chi connectivity index (χ4n) is 6.46. The predicted molar refractivity (Wildman–Crippen MR) is 128 cm³/mol. The van der Waals surface area contributed by atoms with Gasteiger partial charge in [0.15, 0.2) is 5.82 Å². The Hall–Kier alpha value is -2.96. The largest absolute Gasteiger partial charge is 0.337 e. The van der Waals surface area contributed by atoms with Crippen molar-refractivity contribution in [2.45, 2.75) is 64.3 Å². The van der Waals surface area contributed by atoms with Gasteiger partial charge in [0.25, 0.3) is 0 Å². The first-order valence-corrected chi connectivity index (χ1v) is 12.2. The van der Waals surface area contributed by atoms with Crippen LogP contribution >= 0.6 is 0 Å². The number of fused-ring (bicyclic) bond motifs is 5. The summed E-state index contributed by atoms with van der Waals surface area (Å²) in [4.78, 5) is 34.7. The maximum atomic E-state index is 13.6. The number of nitrogens with zero attached hydrogens (tertiary/aromatic N) is 5. The fraction of sp³-hybridized carbons (Fsp3) is 0.538. The Balaban J connectivity index is 1.41. The van der Waals surface area contributed by atoms with E-state index in [9.17, 15) is 4.79 Å². The third kappa shape index (κ3) is 3.01. The van der Waals surface area contributed by atoms with Crippen LogP contribution in [0.2, 0.25) is 0 Å². The van der Waals surface area contributed by atoms with Crippen molar-refractivity contribution in [2.75, 3.05) is 19.6 Å². The number of benzene rings is 1. The molecule has 6 rings (SSSR count). The fourth-order valence-corrected chi connectivity index (χ4v) is 6.46. The zero-order valence-corrected chi connectivity index (χ0v) is 19.8. The van der Waals surface area contributed by atoms with E-state index in [1.807, 2.05) is 0 Å². The normalized spacial score (nSPS) is 26.3. The van der Waals surface area contributed by atoms with Gasteiger partial charge in [-0.05, 0) is 60.8 Å². The summed E-state index contributed by atoms with van der Waals surface area (Å²) in [5, 5.41) is 0. The van der Waals surface area contributed by atoms with Gasteiger partial charge in [-0.15, -0.1) is 0 Å². The molecule has 1 aliphatic carbocycles. The molecular formula is C26H32N6O. The lowest BCUT2D eigenvalue weighted by Gasteiger charge is -2.61. The molecule has 3 aliphatic rings. The smallest absolute Gasteiger partial charge is 0.320 e. The van der Waals surface area contributed by atoms with E-state index in [0.29, 0.717) is 0 Å². The Bertz CT molecular complexity index is 1210. The lowest BCUT2D eigenvalue weighted by molar-refractivity contribution is -0.0241. The summed E-state index contributed by atoms with van der Waals surface area (Å²) < 4.78 is 0. The van der Waals surface area contributed by atoms with Gasteiger partial charge in [-0.25, -0.2) is 14.8 Å². The molecule has 7 heteroatoms. The Morgan fingerprint density at radius 1 is 1.09 bits per heavy atom. The van der Waals surface area contributed by atoms with Gasteiger partial charge in [-0.1, -0.05) is 20.8 Å². The van der Waals surface area contributed by atoms with Crippen LogP contribution in [0.15, 0.2) is 30.7 Å². The highest BCUT2D eigenvalue weighted by Crippen LogP contribution is 2.56. The van der Waals surface area contributed by atoms with Gasteiger partial charge in [-0.3, -0.25) is 4.98 Å². The lowest BCUT2D eigenvalue weighted by Crippen LogP contribution is -2.66. The number of nitrogens with one attached hydrogen (secondary N) is 1. The monoisotopic (exact) mass is 444 g/mol. The number of aromatic amines is 1. The maximum Gasteiger partial charge on any atom is 0.320 e. The van der Waals surface area contributed by atoms with Gasteiger partial charge in [0.1, 0.15) is 5.69 Å². The molecule has 2 aliphatic heterocycles. The Morgan fingerprint density at radius 2 is 1.91 bits per heavy atom. The number of amides is 2. The molecule has 4 heterocycles. The number of hydrogen-bond donors (Lipinski definition) is 1. The second-order valence-electron chi connectivity index (χ2n) is 10.7. The molecule has 0 spiro atoms. The minimum absolute atomic E-state index is 0.0101. The van der Waals surface area contributed by atoms with E-state index in [-0.39, 0.29) is 22.9 Å². The number of rotatable bonds is 1. The molecule has 2 saturated heterocycles. The van der Waals surface area contributed by atoms with Crippen molar-refractivity contribution < 1.29 is 4.79 Å². The van der Waals surface area contributed by atoms with Gasteiger partial charge < -0.3 is 14.8 Å². The number of likely N-dealkylation sites (tertiary alicyclic amines) is 2. The first-order valence-electron chi connectivity index (χ1n) is 12.2. The SMILES string of the molecule is CC1(C)[C@H]2Cc3cc4[nH]c(-c5cnccn5)nc4cc3[C@]1(C)CCN2C(=O)N1CCCCC1. The summed E-state index contributed by atoms with van der Waals surface area (Å²) in [6.07, 6.45) is 10.4. The van der Waals surface area contributed by atoms with Gasteiger partial charge in [-0.2, -0.15) is 0 Å². The standard InChI is InChI=1S/C26H32N6O/c1-25(2)22-14-17-13-19-20(30-23(29-19)21-16-27-8-9-28-21)15-18(17)26(25,3)7-12-32(22)24(33)31-10-5-4-6-11-31/h8-9,13,15-16,22H,4-7,10-12,14H2,1-3H3,(H,29,30)/t22-,26+/m1/s1. The van der Waals surface area contributed by atoms with E-state index in [1.165, 1.54) is 17.5 Å². The minimum atomic E-state index is -0.0264. The van der Waals surface area contributed by atoms with E-state index in [4.69, 9.17) is 4.98 Å². The molecule has 2 fully saturated rings. The van der Waals surface area contributed by atoms with E-state index in [0.717, 1.165) is 67.9 Å². The van der Waals surface area contributed by atoms with Crippen LogP contribution in [0.4, 0.5) is 4.79 Å². The van der Waals surface area contributed by atoms with Crippen molar-refractivity contribution in [1.82, 2.24) is 29.7 Å². The second-order valence-corrected chi connectivity index (χ2v) is 10.7. The Labute approximate surface area is 194 Å². The van der Waals surface area contributed by atoms with Crippen molar-refractivity contribution in [3.63, 3.8) is 0 Å². The van der Waals surface area contributed by atoms with Gasteiger partial charge >= 0.3 is 6.03 Å². The van der Waals surface area contributed by atoms with Crippen LogP contribution in [-0.4, -0.2) is 61.4 Å². The van der Waals surface area contributed by atoms with Gasteiger partial charge in [0.2, 0.25) is 0 Å². The summed E-state index contributed by atoms with van der Waals surface area (Å²) in [7, 11) is 0. The van der Waals surface area contributed by atoms with E-state index in [2.05, 4.69) is 57.7 Å². The number of aromatic nitrogens is 4. The van der Waals surface area contributed by atoms with Gasteiger partial charge in [0, 0.05) is 43.5 Å². The number of carbonyl (C=O) groups excluding carboxylic acids is 1. The van der Waals surface area contributed by atoms with Crippen molar-refractivity contribution in [2.24, 2.45) is 5.41 Å². The number of urea groups is 1. The van der Waals surface area contributed by atoms with E-state index in [1.54, 1.807) is 18.6 Å². The summed E-state index contributed by atoms with van der Waals surface area (Å²) in [5.74, 6) is 0.745. The molecule has 33 heavy (non-hydrogen) atoms. The molecule has 0 saturated carbocycles. The Kier molecular flexibility index (Phi) is 4.55. The lowest BCUT2D eigenvalue weighted by atomic mass is 9.51. The topological polar surface area (TPSA) is 78.0 Å². The van der Waals surface area contributed by atoms with E-state index >= 15 is 0 Å². The highest BCUT2D eigenvalue weighted by molar-refractivity contribution is 5.82. The molecule has 1 aromatic carbocycles. The number of piperidine rings is 2. The maximum absolute atomic E-state index is 13.6. The summed E-state index contributed by atoms with van der Waals surface area (Å²) in [5.41, 5.74) is 5.42. The van der Waals surface area contributed by atoms with Crippen LogP contribution in [0.1, 0.15) is 57.6 Å². The Morgan fingerprint density at radius 3 is 2.67 bits per heavy atom. The number of hydrogen-bond acceptors (Lipinski definition) is 4. The van der Waals surface area contributed by atoms with Crippen molar-refractivity contribution in [3.05, 3.63) is 41.9 Å². The average molecular weight is 445 g/mol. The average Bonchev–Trinajstić information content (AvgIpc) is 3.25. The van der Waals surface area contributed by atoms with Crippen molar-refractivity contribution >= 4 is 17.1 Å². The molecule has 2 amide bonds. The summed E-state index contributed by atoms with van der Waals surface area (Å²) in [6.45, 7) is 9.73. The third-order valence-electron chi connectivity index (χ3n) is 8.88. The third-order valence-corrected chi connectivity index (χ3v) is 8.88. The molecular weight excluding hydrogens is 412 g/mol. The quantitative estimate of drug-likeness (QED) is 0.598. The molecule has 0 unspecified atom stereocenters. The van der Waals surface area contributed by atoms with Crippen LogP contribution < -0.4 is 0 Å². The summed E-state index contributed by atoms with van der Waals surface area (Å²) in [6, 6.07) is 4.97. The zero-order chi connectivity index (χ0) is 22.8. The molecule has 1 N–H and O–H groups in total. The van der Waals surface area contributed by atoms with Crippen molar-refractivity contribution in [1.29, 1.82) is 0 Å². The van der Waals surface area contributed by atoms with Gasteiger partial charge in [0.05, 0.1) is 17.2 Å². The van der Waals surface area contributed by atoms with Crippen LogP contribution in [0.5, 0.6) is 0 Å². The second kappa shape index (κ2) is 7.27. The minimum Gasteiger partial charge on any atom is -0.337 e. The molecule has 2 bridgehead atoms.